The molecule has 4 aliphatic heterocycles. The number of fused-ring (bicyclic) bond motifs is 6. The molecule has 1 aromatic heterocycles. The molecule has 7 aromatic rings. The third-order valence-electron chi connectivity index (χ3n) is 16.0. The van der Waals surface area contributed by atoms with Crippen LogP contribution in [0.2, 0.25) is 0 Å². The highest BCUT2D eigenvalue weighted by atomic mass is 16.4. The molecule has 1 saturated heterocycles. The van der Waals surface area contributed by atoms with Gasteiger partial charge in [0.05, 0.1) is 23.7 Å². The third kappa shape index (κ3) is 7.62. The quantitative estimate of drug-likeness (QED) is 0.0847. The Hall–Kier alpha value is -7.40. The first-order valence-corrected chi connectivity index (χ1v) is 26.1. The van der Waals surface area contributed by atoms with Gasteiger partial charge in [-0.2, -0.15) is 4.58 Å². The fourth-order valence-corrected chi connectivity index (χ4v) is 12.4. The van der Waals surface area contributed by atoms with Gasteiger partial charge < -0.3 is 14.9 Å². The van der Waals surface area contributed by atoms with Crippen LogP contribution in [0.5, 0.6) is 0 Å². The third-order valence-corrected chi connectivity index (χ3v) is 16.0. The summed E-state index contributed by atoms with van der Waals surface area (Å²) in [5.74, 6) is -1.45. The van der Waals surface area contributed by atoms with Gasteiger partial charge in [-0.3, -0.25) is 19.2 Å². The van der Waals surface area contributed by atoms with Gasteiger partial charge in [-0.15, -0.1) is 5.10 Å². The van der Waals surface area contributed by atoms with E-state index in [9.17, 15) is 19.5 Å². The summed E-state index contributed by atoms with van der Waals surface area (Å²) >= 11 is 0. The number of allylic oxidation sites excluding steroid dienone is 4. The molecule has 5 heterocycles. The number of benzene rings is 6. The molecule has 0 aliphatic carbocycles. The maximum atomic E-state index is 14.0. The minimum atomic E-state index is -0.910. The van der Waals surface area contributed by atoms with Crippen LogP contribution in [-0.2, 0) is 17.4 Å². The Morgan fingerprint density at radius 2 is 1.46 bits per heavy atom. The fourth-order valence-electron chi connectivity index (χ4n) is 12.4. The zero-order valence-electron chi connectivity index (χ0n) is 42.5. The minimum absolute atomic E-state index is 0.178. The van der Waals surface area contributed by atoms with E-state index in [1.807, 2.05) is 42.6 Å². The summed E-state index contributed by atoms with van der Waals surface area (Å²) < 4.78 is 4.18. The average molecular weight is 959 g/mol. The molecular weight excluding hydrogens is 895 g/mol. The molecule has 0 spiro atoms. The van der Waals surface area contributed by atoms with Crippen molar-refractivity contribution in [2.75, 3.05) is 42.5 Å². The summed E-state index contributed by atoms with van der Waals surface area (Å²) in [6.07, 6.45) is 16.5. The summed E-state index contributed by atoms with van der Waals surface area (Å²) in [6.45, 7) is 17.9. The second-order valence-corrected chi connectivity index (χ2v) is 21.2. The predicted octanol–water partition coefficient (Wildman–Crippen LogP) is 12.6. The molecule has 0 radical (unpaired) electrons. The number of hydrogen-bond acceptors (Lipinski definition) is 7. The number of carboxylic acids is 1. The van der Waals surface area contributed by atoms with E-state index in [0.717, 1.165) is 114 Å². The largest absolute Gasteiger partial charge is 0.478 e. The number of carboxylic acid groups (broad SMARTS) is 1. The number of amides is 2. The number of piperidine rings is 1. The maximum Gasteiger partial charge on any atom is 0.336 e. The Labute approximate surface area is 421 Å². The summed E-state index contributed by atoms with van der Waals surface area (Å²) in [5.41, 5.74) is 10.9. The highest BCUT2D eigenvalue weighted by Gasteiger charge is 2.46. The maximum absolute atomic E-state index is 14.0. The van der Waals surface area contributed by atoms with E-state index in [1.54, 1.807) is 10.7 Å². The van der Waals surface area contributed by atoms with E-state index in [-0.39, 0.29) is 29.2 Å². The number of anilines is 2. The van der Waals surface area contributed by atoms with Gasteiger partial charge in [0.25, 0.3) is 11.8 Å². The smallest absolute Gasteiger partial charge is 0.336 e. The molecule has 11 heteroatoms. The van der Waals surface area contributed by atoms with E-state index in [0.29, 0.717) is 23.2 Å². The van der Waals surface area contributed by atoms with E-state index < -0.39 is 5.97 Å². The number of hydrogen-bond donors (Lipinski definition) is 1. The lowest BCUT2D eigenvalue weighted by atomic mass is 9.78. The molecule has 0 unspecified atom stereocenters. The minimum Gasteiger partial charge on any atom is -0.478 e. The molecule has 0 bridgehead atoms. The normalized spacial score (nSPS) is 17.7. The summed E-state index contributed by atoms with van der Waals surface area (Å²) in [5, 5.41) is 24.9. The summed E-state index contributed by atoms with van der Waals surface area (Å²) in [7, 11) is 0. The van der Waals surface area contributed by atoms with Crippen molar-refractivity contribution in [3.8, 4) is 11.3 Å². The van der Waals surface area contributed by atoms with Crippen molar-refractivity contribution in [1.82, 2.24) is 19.9 Å². The SMILES string of the molecule is CCCCN1C(=CC=CC2=[N+](CCCC)c3ccc4c(C(=O)O)cccc4c3C2(C)C)C(C)(C)c2c1ccc1cc(-c3cn(CCN4C(=O)c5cccc6c(N7CCCCC7)ccc(c56)C4=O)nn3)ccc21. The Morgan fingerprint density at radius 3 is 2.24 bits per heavy atom. The van der Waals surface area contributed by atoms with Crippen LogP contribution in [0.25, 0.3) is 43.6 Å². The lowest BCUT2D eigenvalue weighted by Gasteiger charge is -2.32. The van der Waals surface area contributed by atoms with Crippen LogP contribution in [0.15, 0.2) is 121 Å². The zero-order valence-corrected chi connectivity index (χ0v) is 42.5. The number of carbonyl (C=O) groups is 3. The van der Waals surface area contributed by atoms with Crippen LogP contribution in [0.1, 0.15) is 129 Å². The van der Waals surface area contributed by atoms with E-state index in [1.165, 1.54) is 44.9 Å². The van der Waals surface area contributed by atoms with Crippen molar-refractivity contribution < 1.29 is 24.1 Å². The van der Waals surface area contributed by atoms with Crippen LogP contribution in [0, 0.1) is 0 Å². The van der Waals surface area contributed by atoms with Gasteiger partial charge >= 0.3 is 5.97 Å². The molecule has 0 atom stereocenters. The second kappa shape index (κ2) is 18.3. The zero-order chi connectivity index (χ0) is 50.1. The lowest BCUT2D eigenvalue weighted by molar-refractivity contribution is -0.438. The van der Waals surface area contributed by atoms with Crippen LogP contribution < -0.4 is 9.80 Å². The fraction of sp³-hybridized carbons (Fsp3) is 0.344. The van der Waals surface area contributed by atoms with E-state index >= 15 is 0 Å². The predicted molar refractivity (Wildman–Crippen MR) is 289 cm³/mol. The number of nitrogens with zero attached hydrogens (tertiary/aromatic N) is 7. The number of unbranched alkanes of at least 4 members (excludes halogenated alkanes) is 2. The molecule has 1 fully saturated rings. The second-order valence-electron chi connectivity index (χ2n) is 21.2. The van der Waals surface area contributed by atoms with Gasteiger partial charge in [0.1, 0.15) is 12.2 Å². The molecule has 366 valence electrons. The number of carbonyl (C=O) groups excluding carboxylic acids is 2. The molecule has 1 N–H and O–H groups in total. The van der Waals surface area contributed by atoms with Crippen molar-refractivity contribution in [2.45, 2.75) is 104 Å². The standard InChI is InChI=1S/C61H63N7O4/c1-7-9-33-66-50-28-24-39-37-40(48-38-65(63-62-48)35-36-68-57(69)46-20-15-19-45-49(64-31-12-11-13-32-64)29-27-47(54(45)46)58(68)70)23-25-41(39)55(50)60(3,4)52(66)21-16-22-53-61(5,6)56-43-17-14-18-44(59(71)72)42(43)26-30-51(56)67(53)34-10-8-2/h14-30,37-38H,7-13,31-36H2,1-6H3/p+1. The first kappa shape index (κ1) is 47.0. The molecule has 11 nitrogen and oxygen atoms in total. The summed E-state index contributed by atoms with van der Waals surface area (Å²) in [4.78, 5) is 46.5. The Balaban J connectivity index is 0.856. The van der Waals surface area contributed by atoms with Gasteiger partial charge in [0, 0.05) is 100 Å². The Bertz CT molecular complexity index is 3460. The van der Waals surface area contributed by atoms with Gasteiger partial charge in [0.15, 0.2) is 5.71 Å². The molecule has 6 aromatic carbocycles. The van der Waals surface area contributed by atoms with Gasteiger partial charge in [-0.25, -0.2) is 4.79 Å². The first-order valence-electron chi connectivity index (χ1n) is 26.1. The Morgan fingerprint density at radius 1 is 0.722 bits per heavy atom. The lowest BCUT2D eigenvalue weighted by Crippen LogP contribution is -2.42. The van der Waals surface area contributed by atoms with E-state index in [2.05, 4.69) is 133 Å². The highest BCUT2D eigenvalue weighted by Crippen LogP contribution is 2.52. The average Bonchev–Trinajstić information content (AvgIpc) is 4.02. The topological polar surface area (TPSA) is 115 Å². The first-order chi connectivity index (χ1) is 34.8. The van der Waals surface area contributed by atoms with Crippen molar-refractivity contribution >= 4 is 72.9 Å². The number of rotatable bonds is 14. The van der Waals surface area contributed by atoms with Gasteiger partial charge in [-0.1, -0.05) is 94.3 Å². The van der Waals surface area contributed by atoms with E-state index in [4.69, 9.17) is 0 Å². The monoisotopic (exact) mass is 959 g/mol. The van der Waals surface area contributed by atoms with Crippen molar-refractivity contribution in [2.24, 2.45) is 0 Å². The van der Waals surface area contributed by atoms with Crippen LogP contribution in [-0.4, -0.2) is 85.8 Å². The van der Waals surface area contributed by atoms with Gasteiger partial charge in [0.2, 0.25) is 5.69 Å². The molecule has 4 aliphatic rings. The van der Waals surface area contributed by atoms with Gasteiger partial charge in [-0.05, 0) is 115 Å². The number of imide groups is 1. The molecule has 0 saturated carbocycles. The van der Waals surface area contributed by atoms with Crippen molar-refractivity contribution in [3.63, 3.8) is 0 Å². The Kier molecular flexibility index (Phi) is 12.0. The summed E-state index contributed by atoms with van der Waals surface area (Å²) in [6, 6.07) is 30.5. The molecular formula is C61H64N7O4+. The van der Waals surface area contributed by atoms with Crippen LogP contribution in [0.4, 0.5) is 17.1 Å². The molecule has 2 amide bonds. The van der Waals surface area contributed by atoms with Crippen LogP contribution in [0.3, 0.4) is 0 Å². The van der Waals surface area contributed by atoms with Crippen molar-refractivity contribution in [3.05, 3.63) is 149 Å². The number of aromatic carboxylic acids is 1. The number of aromatic nitrogens is 3. The highest BCUT2D eigenvalue weighted by molar-refractivity contribution is 6.27. The van der Waals surface area contributed by atoms with Crippen molar-refractivity contribution in [1.29, 1.82) is 0 Å². The van der Waals surface area contributed by atoms with Crippen LogP contribution >= 0.6 is 0 Å². The molecule has 72 heavy (non-hydrogen) atoms. The molecule has 11 rings (SSSR count).